The topological polar surface area (TPSA) is 51.1 Å². The smallest absolute Gasteiger partial charge is 0.256 e. The maximum Gasteiger partial charge on any atom is 0.256 e. The van der Waals surface area contributed by atoms with Crippen molar-refractivity contribution in [3.63, 3.8) is 0 Å². The lowest BCUT2D eigenvalue weighted by molar-refractivity contribution is 0.0764. The number of benzene rings is 2. The number of nitrogens with zero attached hydrogens (tertiary/aromatic N) is 2. The predicted molar refractivity (Wildman–Crippen MR) is 88.3 cm³/mol. The van der Waals surface area contributed by atoms with Crippen LogP contribution in [0.2, 0.25) is 0 Å². The summed E-state index contributed by atoms with van der Waals surface area (Å²) in [5.41, 5.74) is 2.26. The van der Waals surface area contributed by atoms with E-state index in [4.69, 9.17) is 9.47 Å². The highest BCUT2D eigenvalue weighted by atomic mass is 16.5. The summed E-state index contributed by atoms with van der Waals surface area (Å²) < 4.78 is 10.5. The van der Waals surface area contributed by atoms with Gasteiger partial charge in [-0.1, -0.05) is 24.3 Å². The van der Waals surface area contributed by atoms with Crippen LogP contribution in [0, 0.1) is 0 Å². The summed E-state index contributed by atoms with van der Waals surface area (Å²) in [6.45, 7) is 0.829. The van der Waals surface area contributed by atoms with E-state index in [2.05, 4.69) is 4.99 Å². The van der Waals surface area contributed by atoms with Crippen LogP contribution < -0.4 is 4.74 Å². The fraction of sp³-hybridized carbons (Fsp3) is 0.222. The molecule has 0 saturated carbocycles. The summed E-state index contributed by atoms with van der Waals surface area (Å²) in [6, 6.07) is 15.0. The summed E-state index contributed by atoms with van der Waals surface area (Å²) in [5, 5.41) is 0. The standard InChI is InChI=1S/C18H18N2O3/c1-22-14-9-7-13(8-10-14)11-20-12-17(23-2)19-16-6-4-3-5-15(16)18(20)21/h3-10H,11-12H2,1-2H3. The third kappa shape index (κ3) is 3.18. The molecule has 2 aromatic carbocycles. The average molecular weight is 310 g/mol. The summed E-state index contributed by atoms with van der Waals surface area (Å²) in [6.07, 6.45) is 0. The first kappa shape index (κ1) is 15.1. The second-order valence-electron chi connectivity index (χ2n) is 5.24. The van der Waals surface area contributed by atoms with Gasteiger partial charge in [0.05, 0.1) is 32.0 Å². The highest BCUT2D eigenvalue weighted by molar-refractivity contribution is 6.03. The molecule has 0 unspecified atom stereocenters. The van der Waals surface area contributed by atoms with Gasteiger partial charge in [-0.3, -0.25) is 4.79 Å². The van der Waals surface area contributed by atoms with Crippen LogP contribution in [0.15, 0.2) is 53.5 Å². The number of carbonyl (C=O) groups excluding carboxylic acids is 1. The number of hydrogen-bond donors (Lipinski definition) is 0. The van der Waals surface area contributed by atoms with Gasteiger partial charge in [0, 0.05) is 6.54 Å². The Labute approximate surface area is 135 Å². The first-order valence-corrected chi connectivity index (χ1v) is 7.34. The van der Waals surface area contributed by atoms with Crippen molar-refractivity contribution in [3.05, 3.63) is 59.7 Å². The number of hydrogen-bond acceptors (Lipinski definition) is 4. The number of rotatable bonds is 3. The van der Waals surface area contributed by atoms with Gasteiger partial charge < -0.3 is 14.4 Å². The average Bonchev–Trinajstić information content (AvgIpc) is 2.73. The number of carbonyl (C=O) groups is 1. The van der Waals surface area contributed by atoms with Crippen LogP contribution in [-0.4, -0.2) is 37.5 Å². The molecule has 23 heavy (non-hydrogen) atoms. The second kappa shape index (κ2) is 6.52. The summed E-state index contributed by atoms with van der Waals surface area (Å²) in [5.74, 6) is 1.27. The SMILES string of the molecule is COC1=Nc2ccccc2C(=O)N(Cc2ccc(OC)cc2)C1. The largest absolute Gasteiger partial charge is 0.497 e. The van der Waals surface area contributed by atoms with E-state index in [0.717, 1.165) is 11.3 Å². The number of aliphatic imine (C=N–C) groups is 1. The fourth-order valence-electron chi connectivity index (χ4n) is 2.52. The third-order valence-corrected chi connectivity index (χ3v) is 3.76. The molecule has 1 aliphatic rings. The molecule has 0 aromatic heterocycles. The molecule has 0 atom stereocenters. The van der Waals surface area contributed by atoms with Gasteiger partial charge in [-0.25, -0.2) is 4.99 Å². The van der Waals surface area contributed by atoms with Crippen molar-refractivity contribution in [2.45, 2.75) is 6.54 Å². The van der Waals surface area contributed by atoms with E-state index in [9.17, 15) is 4.79 Å². The molecular formula is C18H18N2O3. The van der Waals surface area contributed by atoms with Crippen molar-refractivity contribution in [1.82, 2.24) is 4.90 Å². The Morgan fingerprint density at radius 1 is 1.04 bits per heavy atom. The van der Waals surface area contributed by atoms with Crippen LogP contribution in [0.25, 0.3) is 0 Å². The molecule has 1 aliphatic heterocycles. The van der Waals surface area contributed by atoms with E-state index in [1.165, 1.54) is 0 Å². The molecular weight excluding hydrogens is 292 g/mol. The van der Waals surface area contributed by atoms with Gasteiger partial charge >= 0.3 is 0 Å². The Balaban J connectivity index is 1.89. The van der Waals surface area contributed by atoms with E-state index >= 15 is 0 Å². The molecule has 0 N–H and O–H groups in total. The predicted octanol–water partition coefficient (Wildman–Crippen LogP) is 3.03. The van der Waals surface area contributed by atoms with E-state index < -0.39 is 0 Å². The van der Waals surface area contributed by atoms with Crippen molar-refractivity contribution in [3.8, 4) is 5.75 Å². The molecule has 0 spiro atoms. The molecule has 0 saturated heterocycles. The molecule has 0 aliphatic carbocycles. The van der Waals surface area contributed by atoms with Gasteiger partial charge in [-0.2, -0.15) is 0 Å². The van der Waals surface area contributed by atoms with Gasteiger partial charge in [0.1, 0.15) is 5.75 Å². The van der Waals surface area contributed by atoms with E-state index in [1.54, 1.807) is 25.2 Å². The molecule has 1 amide bonds. The maximum atomic E-state index is 12.8. The van der Waals surface area contributed by atoms with Gasteiger partial charge in [0.2, 0.25) is 5.90 Å². The van der Waals surface area contributed by atoms with Crippen molar-refractivity contribution < 1.29 is 14.3 Å². The molecule has 0 bridgehead atoms. The van der Waals surface area contributed by atoms with Gasteiger partial charge in [-0.05, 0) is 29.8 Å². The summed E-state index contributed by atoms with van der Waals surface area (Å²) in [4.78, 5) is 19.0. The van der Waals surface area contributed by atoms with E-state index in [1.807, 2.05) is 42.5 Å². The van der Waals surface area contributed by atoms with Crippen molar-refractivity contribution in [2.75, 3.05) is 20.8 Å². The number of fused-ring (bicyclic) bond motifs is 1. The highest BCUT2D eigenvalue weighted by Gasteiger charge is 2.24. The van der Waals surface area contributed by atoms with Crippen LogP contribution in [0.3, 0.4) is 0 Å². The fourth-order valence-corrected chi connectivity index (χ4v) is 2.52. The number of ether oxygens (including phenoxy) is 2. The van der Waals surface area contributed by atoms with Crippen LogP contribution in [0.4, 0.5) is 5.69 Å². The molecule has 2 aromatic rings. The zero-order valence-corrected chi connectivity index (χ0v) is 13.2. The lowest BCUT2D eigenvalue weighted by atomic mass is 10.1. The van der Waals surface area contributed by atoms with Crippen LogP contribution in [0.1, 0.15) is 15.9 Å². The Morgan fingerprint density at radius 3 is 2.48 bits per heavy atom. The Hall–Kier alpha value is -2.82. The molecule has 5 nitrogen and oxygen atoms in total. The minimum absolute atomic E-state index is 0.0489. The minimum Gasteiger partial charge on any atom is -0.497 e. The Morgan fingerprint density at radius 2 is 1.78 bits per heavy atom. The normalized spacial score (nSPS) is 13.9. The Bertz CT molecular complexity index is 738. The maximum absolute atomic E-state index is 12.8. The van der Waals surface area contributed by atoms with Crippen LogP contribution in [-0.2, 0) is 11.3 Å². The first-order chi connectivity index (χ1) is 11.2. The van der Waals surface area contributed by atoms with Crippen molar-refractivity contribution >= 4 is 17.5 Å². The highest BCUT2D eigenvalue weighted by Crippen LogP contribution is 2.25. The zero-order valence-electron chi connectivity index (χ0n) is 13.2. The van der Waals surface area contributed by atoms with E-state index in [0.29, 0.717) is 30.2 Å². The van der Waals surface area contributed by atoms with Gasteiger partial charge in [-0.15, -0.1) is 0 Å². The number of amides is 1. The molecule has 1 heterocycles. The van der Waals surface area contributed by atoms with E-state index in [-0.39, 0.29) is 5.91 Å². The lowest BCUT2D eigenvalue weighted by Gasteiger charge is -2.21. The summed E-state index contributed by atoms with van der Waals surface area (Å²) >= 11 is 0. The second-order valence-corrected chi connectivity index (χ2v) is 5.24. The van der Waals surface area contributed by atoms with Gasteiger partial charge in [0.25, 0.3) is 5.91 Å². The third-order valence-electron chi connectivity index (χ3n) is 3.76. The molecule has 5 heteroatoms. The minimum atomic E-state index is -0.0489. The quantitative estimate of drug-likeness (QED) is 0.875. The monoisotopic (exact) mass is 310 g/mol. The zero-order chi connectivity index (χ0) is 16.2. The Kier molecular flexibility index (Phi) is 4.28. The molecule has 0 fully saturated rings. The molecule has 3 rings (SSSR count). The number of para-hydroxylation sites is 1. The van der Waals surface area contributed by atoms with Crippen LogP contribution >= 0.6 is 0 Å². The van der Waals surface area contributed by atoms with Crippen molar-refractivity contribution in [2.24, 2.45) is 4.99 Å². The lowest BCUT2D eigenvalue weighted by Crippen LogP contribution is -2.34. The van der Waals surface area contributed by atoms with Crippen LogP contribution in [0.5, 0.6) is 5.75 Å². The molecule has 118 valence electrons. The molecule has 0 radical (unpaired) electrons. The van der Waals surface area contributed by atoms with Gasteiger partial charge in [0.15, 0.2) is 0 Å². The number of methoxy groups -OCH3 is 2. The summed E-state index contributed by atoms with van der Waals surface area (Å²) in [7, 11) is 3.20. The van der Waals surface area contributed by atoms with Crippen molar-refractivity contribution in [1.29, 1.82) is 0 Å². The first-order valence-electron chi connectivity index (χ1n) is 7.34.